The molecule has 0 saturated carbocycles. The molecule has 24 heavy (non-hydrogen) atoms. The largest absolute Gasteiger partial charge is 0.508 e. The first-order chi connectivity index (χ1) is 11.6. The zero-order valence-electron chi connectivity index (χ0n) is 13.9. The van der Waals surface area contributed by atoms with Gasteiger partial charge in [-0.15, -0.1) is 0 Å². The second-order valence-corrected chi connectivity index (χ2v) is 6.36. The molecule has 126 valence electrons. The summed E-state index contributed by atoms with van der Waals surface area (Å²) in [7, 11) is 0. The van der Waals surface area contributed by atoms with Gasteiger partial charge in [-0.3, -0.25) is 4.79 Å². The molecule has 0 radical (unpaired) electrons. The molecule has 1 heterocycles. The summed E-state index contributed by atoms with van der Waals surface area (Å²) < 4.78 is 6.03. The Morgan fingerprint density at radius 2 is 1.92 bits per heavy atom. The molecule has 1 amide bonds. The Labute approximate surface area is 142 Å². The number of aryl methyl sites for hydroxylation is 1. The standard InChI is InChI=1S/C20H23NO3/c1-15-4-2-7-19(12-15)24-18-8-10-21(11-9-18)20(23)14-16-5-3-6-17(22)13-16/h2-7,12-13,18,22H,8-11,14H2,1H3. The maximum Gasteiger partial charge on any atom is 0.226 e. The van der Waals surface area contributed by atoms with Gasteiger partial charge in [-0.05, 0) is 42.3 Å². The smallest absolute Gasteiger partial charge is 0.226 e. The Morgan fingerprint density at radius 1 is 1.17 bits per heavy atom. The number of nitrogens with zero attached hydrogens (tertiary/aromatic N) is 1. The summed E-state index contributed by atoms with van der Waals surface area (Å²) in [6.07, 6.45) is 2.19. The molecule has 1 saturated heterocycles. The van der Waals surface area contributed by atoms with E-state index in [9.17, 15) is 9.90 Å². The molecule has 0 bridgehead atoms. The van der Waals surface area contributed by atoms with Crippen LogP contribution in [0.3, 0.4) is 0 Å². The third-order valence-corrected chi connectivity index (χ3v) is 4.35. The second-order valence-electron chi connectivity index (χ2n) is 6.36. The quantitative estimate of drug-likeness (QED) is 0.938. The number of hydrogen-bond acceptors (Lipinski definition) is 3. The van der Waals surface area contributed by atoms with Gasteiger partial charge >= 0.3 is 0 Å². The predicted octanol–water partition coefficient (Wildman–Crippen LogP) is 3.31. The van der Waals surface area contributed by atoms with Gasteiger partial charge in [0, 0.05) is 25.9 Å². The van der Waals surface area contributed by atoms with Gasteiger partial charge in [-0.1, -0.05) is 24.3 Å². The van der Waals surface area contributed by atoms with E-state index in [0.29, 0.717) is 19.5 Å². The fourth-order valence-corrected chi connectivity index (χ4v) is 3.06. The van der Waals surface area contributed by atoms with Crippen LogP contribution in [-0.2, 0) is 11.2 Å². The second kappa shape index (κ2) is 7.39. The van der Waals surface area contributed by atoms with Gasteiger partial charge in [0.1, 0.15) is 17.6 Å². The predicted molar refractivity (Wildman–Crippen MR) is 93.2 cm³/mol. The van der Waals surface area contributed by atoms with E-state index in [-0.39, 0.29) is 17.8 Å². The molecule has 0 aliphatic carbocycles. The highest BCUT2D eigenvalue weighted by atomic mass is 16.5. The first kappa shape index (κ1) is 16.4. The number of aromatic hydroxyl groups is 1. The van der Waals surface area contributed by atoms with Crippen molar-refractivity contribution < 1.29 is 14.6 Å². The number of phenols is 1. The summed E-state index contributed by atoms with van der Waals surface area (Å²) in [6, 6.07) is 15.0. The number of hydrogen-bond donors (Lipinski definition) is 1. The molecule has 4 heteroatoms. The van der Waals surface area contributed by atoms with E-state index in [1.165, 1.54) is 5.56 Å². The maximum atomic E-state index is 12.4. The molecule has 0 spiro atoms. The number of amides is 1. The number of carbonyl (C=O) groups is 1. The van der Waals surface area contributed by atoms with Gasteiger partial charge in [0.15, 0.2) is 0 Å². The number of likely N-dealkylation sites (tertiary alicyclic amines) is 1. The molecular formula is C20H23NO3. The van der Waals surface area contributed by atoms with Crippen LogP contribution in [0.2, 0.25) is 0 Å². The van der Waals surface area contributed by atoms with Crippen molar-refractivity contribution in [1.82, 2.24) is 4.90 Å². The van der Waals surface area contributed by atoms with Gasteiger partial charge in [0.25, 0.3) is 0 Å². The Morgan fingerprint density at radius 3 is 2.62 bits per heavy atom. The van der Waals surface area contributed by atoms with Gasteiger partial charge < -0.3 is 14.7 Å². The Hall–Kier alpha value is -2.49. The zero-order chi connectivity index (χ0) is 16.9. The van der Waals surface area contributed by atoms with Crippen molar-refractivity contribution in [3.8, 4) is 11.5 Å². The van der Waals surface area contributed by atoms with Crippen LogP contribution in [0, 0.1) is 6.92 Å². The first-order valence-corrected chi connectivity index (χ1v) is 8.39. The van der Waals surface area contributed by atoms with Crippen molar-refractivity contribution in [2.75, 3.05) is 13.1 Å². The molecule has 3 rings (SSSR count). The molecule has 4 nitrogen and oxygen atoms in total. The monoisotopic (exact) mass is 325 g/mol. The van der Waals surface area contributed by atoms with E-state index in [1.54, 1.807) is 18.2 Å². The number of piperidine rings is 1. The molecule has 1 aliphatic rings. The van der Waals surface area contributed by atoms with Crippen molar-refractivity contribution >= 4 is 5.91 Å². The lowest BCUT2D eigenvalue weighted by Crippen LogP contribution is -2.42. The normalized spacial score (nSPS) is 15.3. The molecule has 0 atom stereocenters. The fourth-order valence-electron chi connectivity index (χ4n) is 3.06. The van der Waals surface area contributed by atoms with Crippen molar-refractivity contribution in [3.63, 3.8) is 0 Å². The number of ether oxygens (including phenoxy) is 1. The lowest BCUT2D eigenvalue weighted by atomic mass is 10.1. The number of rotatable bonds is 4. The van der Waals surface area contributed by atoms with Crippen molar-refractivity contribution in [1.29, 1.82) is 0 Å². The van der Waals surface area contributed by atoms with Crippen molar-refractivity contribution in [3.05, 3.63) is 59.7 Å². The van der Waals surface area contributed by atoms with Crippen LogP contribution in [0.25, 0.3) is 0 Å². The van der Waals surface area contributed by atoms with E-state index in [2.05, 4.69) is 13.0 Å². The van der Waals surface area contributed by atoms with E-state index < -0.39 is 0 Å². The molecule has 1 aliphatic heterocycles. The Bertz CT molecular complexity index is 706. The van der Waals surface area contributed by atoms with Gasteiger partial charge in [-0.25, -0.2) is 0 Å². The van der Waals surface area contributed by atoms with E-state index in [1.807, 2.05) is 29.2 Å². The van der Waals surface area contributed by atoms with Crippen LogP contribution in [0.5, 0.6) is 11.5 Å². The van der Waals surface area contributed by atoms with Crippen LogP contribution in [0.4, 0.5) is 0 Å². The minimum absolute atomic E-state index is 0.106. The summed E-state index contributed by atoms with van der Waals surface area (Å²) in [5.41, 5.74) is 2.03. The lowest BCUT2D eigenvalue weighted by Gasteiger charge is -2.32. The molecule has 2 aromatic rings. The molecule has 0 unspecified atom stereocenters. The van der Waals surface area contributed by atoms with E-state index in [0.717, 1.165) is 24.2 Å². The molecule has 1 fully saturated rings. The maximum absolute atomic E-state index is 12.4. The SMILES string of the molecule is Cc1cccc(OC2CCN(C(=O)Cc3cccc(O)c3)CC2)c1. The lowest BCUT2D eigenvalue weighted by molar-refractivity contribution is -0.132. The third kappa shape index (κ3) is 4.28. The molecule has 0 aromatic heterocycles. The van der Waals surface area contributed by atoms with Crippen LogP contribution in [0.1, 0.15) is 24.0 Å². The fraction of sp³-hybridized carbons (Fsp3) is 0.350. The zero-order valence-corrected chi connectivity index (χ0v) is 13.9. The topological polar surface area (TPSA) is 49.8 Å². The van der Waals surface area contributed by atoms with Crippen LogP contribution >= 0.6 is 0 Å². The minimum Gasteiger partial charge on any atom is -0.508 e. The van der Waals surface area contributed by atoms with Gasteiger partial charge in [-0.2, -0.15) is 0 Å². The minimum atomic E-state index is 0.106. The summed E-state index contributed by atoms with van der Waals surface area (Å²) in [4.78, 5) is 14.3. The molecule has 1 N–H and O–H groups in total. The van der Waals surface area contributed by atoms with Crippen LogP contribution in [0.15, 0.2) is 48.5 Å². The number of benzene rings is 2. The summed E-state index contributed by atoms with van der Waals surface area (Å²) in [5.74, 6) is 1.21. The van der Waals surface area contributed by atoms with Crippen LogP contribution < -0.4 is 4.74 Å². The number of carbonyl (C=O) groups excluding carboxylic acids is 1. The molecule has 2 aromatic carbocycles. The first-order valence-electron chi connectivity index (χ1n) is 8.39. The van der Waals surface area contributed by atoms with Gasteiger partial charge in [0.2, 0.25) is 5.91 Å². The van der Waals surface area contributed by atoms with E-state index in [4.69, 9.17) is 4.74 Å². The highest BCUT2D eigenvalue weighted by molar-refractivity contribution is 5.79. The summed E-state index contributed by atoms with van der Waals surface area (Å²) >= 11 is 0. The third-order valence-electron chi connectivity index (χ3n) is 4.35. The van der Waals surface area contributed by atoms with Crippen LogP contribution in [-0.4, -0.2) is 35.1 Å². The summed E-state index contributed by atoms with van der Waals surface area (Å²) in [5, 5.41) is 9.49. The Balaban J connectivity index is 1.50. The van der Waals surface area contributed by atoms with Gasteiger partial charge in [0.05, 0.1) is 6.42 Å². The number of phenolic OH excluding ortho intramolecular Hbond substituents is 1. The highest BCUT2D eigenvalue weighted by Gasteiger charge is 2.24. The molecular weight excluding hydrogens is 302 g/mol. The van der Waals surface area contributed by atoms with Crippen molar-refractivity contribution in [2.45, 2.75) is 32.3 Å². The summed E-state index contributed by atoms with van der Waals surface area (Å²) in [6.45, 7) is 3.48. The van der Waals surface area contributed by atoms with Crippen molar-refractivity contribution in [2.24, 2.45) is 0 Å². The average molecular weight is 325 g/mol. The Kier molecular flexibility index (Phi) is 5.04. The van der Waals surface area contributed by atoms with E-state index >= 15 is 0 Å². The highest BCUT2D eigenvalue weighted by Crippen LogP contribution is 2.21. The average Bonchev–Trinajstić information content (AvgIpc) is 2.55.